The van der Waals surface area contributed by atoms with Crippen molar-refractivity contribution in [1.29, 1.82) is 0 Å². The maximum atomic E-state index is 4.71. The van der Waals surface area contributed by atoms with Crippen LogP contribution in [0.1, 0.15) is 9.88 Å². The molecule has 1 aromatic carbocycles. The maximum Gasteiger partial charge on any atom is 0.124 e. The van der Waals surface area contributed by atoms with Crippen LogP contribution in [0, 0.1) is 13.8 Å². The number of rotatable bonds is 2. The van der Waals surface area contributed by atoms with Gasteiger partial charge in [-0.3, -0.25) is 0 Å². The van der Waals surface area contributed by atoms with Crippen LogP contribution in [0.25, 0.3) is 22.0 Å². The maximum absolute atomic E-state index is 4.71. The van der Waals surface area contributed by atoms with Crippen molar-refractivity contribution >= 4 is 38.6 Å². The topological polar surface area (TPSA) is 25.8 Å². The summed E-state index contributed by atoms with van der Waals surface area (Å²) in [5, 5.41) is 4.20. The smallest absolute Gasteiger partial charge is 0.124 e. The molecule has 3 rings (SSSR count). The lowest BCUT2D eigenvalue weighted by Crippen LogP contribution is -1.82. The van der Waals surface area contributed by atoms with Crippen molar-refractivity contribution in [2.45, 2.75) is 13.8 Å². The van der Waals surface area contributed by atoms with Crippen LogP contribution < -0.4 is 0 Å². The van der Waals surface area contributed by atoms with Gasteiger partial charge in [-0.25, -0.2) is 9.97 Å². The summed E-state index contributed by atoms with van der Waals surface area (Å²) in [4.78, 5) is 10.5. The van der Waals surface area contributed by atoms with Crippen molar-refractivity contribution in [3.8, 4) is 22.0 Å². The summed E-state index contributed by atoms with van der Waals surface area (Å²) >= 11 is 6.87. The Labute approximate surface area is 128 Å². The largest absolute Gasteiger partial charge is 0.240 e. The van der Waals surface area contributed by atoms with E-state index in [0.717, 1.165) is 31.4 Å². The molecule has 0 radical (unpaired) electrons. The van der Waals surface area contributed by atoms with E-state index >= 15 is 0 Å². The van der Waals surface area contributed by atoms with Crippen LogP contribution in [0.15, 0.2) is 34.1 Å². The highest BCUT2D eigenvalue weighted by atomic mass is 79.9. The van der Waals surface area contributed by atoms with E-state index in [0.29, 0.717) is 0 Å². The van der Waals surface area contributed by atoms with Crippen molar-refractivity contribution < 1.29 is 0 Å². The van der Waals surface area contributed by atoms with E-state index in [4.69, 9.17) is 4.98 Å². The predicted molar refractivity (Wildman–Crippen MR) is 85.8 cm³/mol. The summed E-state index contributed by atoms with van der Waals surface area (Å²) < 4.78 is 1.07. The highest BCUT2D eigenvalue weighted by Crippen LogP contribution is 2.32. The second-order valence-electron chi connectivity index (χ2n) is 4.19. The van der Waals surface area contributed by atoms with Gasteiger partial charge in [-0.05, 0) is 26.0 Å². The Kier molecular flexibility index (Phi) is 3.52. The fourth-order valence-corrected chi connectivity index (χ4v) is 3.93. The number of aryl methyl sites for hydroxylation is 2. The molecule has 96 valence electrons. The van der Waals surface area contributed by atoms with E-state index in [1.54, 1.807) is 22.7 Å². The zero-order valence-corrected chi connectivity index (χ0v) is 13.7. The first kappa shape index (κ1) is 13.0. The molecule has 2 nitrogen and oxygen atoms in total. The molecule has 0 saturated heterocycles. The second-order valence-corrected chi connectivity index (χ2v) is 7.37. The van der Waals surface area contributed by atoms with Gasteiger partial charge in [0, 0.05) is 20.3 Å². The molecule has 5 heteroatoms. The third-order valence-corrected chi connectivity index (χ3v) is 4.99. The lowest BCUT2D eigenvalue weighted by atomic mass is 10.2. The van der Waals surface area contributed by atoms with Gasteiger partial charge in [0.2, 0.25) is 0 Å². The number of thiazole rings is 2. The minimum absolute atomic E-state index is 0.974. The highest BCUT2D eigenvalue weighted by molar-refractivity contribution is 9.10. The van der Waals surface area contributed by atoms with Crippen LogP contribution in [-0.2, 0) is 0 Å². The van der Waals surface area contributed by atoms with Gasteiger partial charge < -0.3 is 0 Å². The van der Waals surface area contributed by atoms with E-state index in [9.17, 15) is 0 Å². The number of hydrogen-bond acceptors (Lipinski definition) is 4. The van der Waals surface area contributed by atoms with Crippen molar-refractivity contribution in [2.24, 2.45) is 0 Å². The van der Waals surface area contributed by atoms with Gasteiger partial charge in [0.15, 0.2) is 0 Å². The summed E-state index contributed by atoms with van der Waals surface area (Å²) in [7, 11) is 0. The minimum Gasteiger partial charge on any atom is -0.240 e. The summed E-state index contributed by atoms with van der Waals surface area (Å²) in [5.74, 6) is 0. The molecule has 0 aliphatic rings. The van der Waals surface area contributed by atoms with Crippen LogP contribution in [-0.4, -0.2) is 9.97 Å². The molecular weight excluding hydrogens is 340 g/mol. The van der Waals surface area contributed by atoms with Gasteiger partial charge >= 0.3 is 0 Å². The number of halogens is 1. The predicted octanol–water partition coefficient (Wildman–Crippen LogP) is 5.31. The van der Waals surface area contributed by atoms with E-state index in [-0.39, 0.29) is 0 Å². The molecule has 0 unspecified atom stereocenters. The quantitative estimate of drug-likeness (QED) is 0.625. The van der Waals surface area contributed by atoms with Gasteiger partial charge in [0.1, 0.15) is 16.4 Å². The SMILES string of the molecule is Cc1nc(-c2csc(-c3cccc(Br)c3)n2)c(C)s1. The molecule has 0 N–H and O–H groups in total. The van der Waals surface area contributed by atoms with E-state index in [2.05, 4.69) is 45.4 Å². The number of aromatic nitrogens is 2. The Bertz CT molecular complexity index is 731. The van der Waals surface area contributed by atoms with Crippen LogP contribution in [0.5, 0.6) is 0 Å². The Morgan fingerprint density at radius 2 is 2.00 bits per heavy atom. The van der Waals surface area contributed by atoms with Crippen molar-refractivity contribution in [3.05, 3.63) is 44.0 Å². The van der Waals surface area contributed by atoms with Crippen LogP contribution in [0.2, 0.25) is 0 Å². The molecule has 2 aromatic heterocycles. The van der Waals surface area contributed by atoms with Gasteiger partial charge in [-0.1, -0.05) is 28.1 Å². The van der Waals surface area contributed by atoms with E-state index in [1.807, 2.05) is 19.1 Å². The molecule has 0 fully saturated rings. The molecule has 0 spiro atoms. The summed E-state index contributed by atoms with van der Waals surface area (Å²) in [6.45, 7) is 4.13. The van der Waals surface area contributed by atoms with Crippen LogP contribution in [0.3, 0.4) is 0 Å². The van der Waals surface area contributed by atoms with Gasteiger partial charge in [0.25, 0.3) is 0 Å². The Hall–Kier alpha value is -1.04. The molecule has 0 aliphatic carbocycles. The Morgan fingerprint density at radius 1 is 1.16 bits per heavy atom. The summed E-state index contributed by atoms with van der Waals surface area (Å²) in [6.07, 6.45) is 0. The third-order valence-electron chi connectivity index (χ3n) is 2.72. The van der Waals surface area contributed by atoms with Gasteiger partial charge in [0.05, 0.1) is 5.01 Å². The summed E-state index contributed by atoms with van der Waals surface area (Å²) in [6, 6.07) is 8.21. The van der Waals surface area contributed by atoms with Crippen molar-refractivity contribution in [3.63, 3.8) is 0 Å². The standard InChI is InChI=1S/C14H11BrN2S2/c1-8-13(16-9(2)19-8)12-7-18-14(17-12)10-4-3-5-11(15)6-10/h3-7H,1-2H3. The van der Waals surface area contributed by atoms with Crippen molar-refractivity contribution in [1.82, 2.24) is 9.97 Å². The normalized spacial score (nSPS) is 10.9. The Morgan fingerprint density at radius 3 is 2.68 bits per heavy atom. The molecule has 3 aromatic rings. The highest BCUT2D eigenvalue weighted by Gasteiger charge is 2.12. The van der Waals surface area contributed by atoms with E-state index in [1.165, 1.54) is 4.88 Å². The number of nitrogens with zero attached hydrogens (tertiary/aromatic N) is 2. The molecule has 0 aliphatic heterocycles. The fraction of sp³-hybridized carbons (Fsp3) is 0.143. The summed E-state index contributed by atoms with van der Waals surface area (Å²) in [5.41, 5.74) is 3.12. The lowest BCUT2D eigenvalue weighted by molar-refractivity contribution is 1.25. The van der Waals surface area contributed by atoms with E-state index < -0.39 is 0 Å². The zero-order chi connectivity index (χ0) is 13.4. The first-order valence-electron chi connectivity index (χ1n) is 5.79. The molecule has 0 amide bonds. The monoisotopic (exact) mass is 350 g/mol. The lowest BCUT2D eigenvalue weighted by Gasteiger charge is -1.96. The first-order valence-corrected chi connectivity index (χ1v) is 8.28. The molecule has 0 atom stereocenters. The zero-order valence-electron chi connectivity index (χ0n) is 10.5. The van der Waals surface area contributed by atoms with Crippen LogP contribution >= 0.6 is 38.6 Å². The fourth-order valence-electron chi connectivity index (χ4n) is 1.90. The number of benzene rings is 1. The molecule has 19 heavy (non-hydrogen) atoms. The molecule has 0 saturated carbocycles. The second kappa shape index (κ2) is 5.15. The minimum atomic E-state index is 0.974. The number of hydrogen-bond donors (Lipinski definition) is 0. The van der Waals surface area contributed by atoms with Gasteiger partial charge in [-0.15, -0.1) is 22.7 Å². The molecule has 0 bridgehead atoms. The van der Waals surface area contributed by atoms with Gasteiger partial charge in [-0.2, -0.15) is 0 Å². The average molecular weight is 351 g/mol. The average Bonchev–Trinajstić information content (AvgIpc) is 2.96. The van der Waals surface area contributed by atoms with Crippen LogP contribution in [0.4, 0.5) is 0 Å². The molecule has 2 heterocycles. The van der Waals surface area contributed by atoms with Crippen molar-refractivity contribution in [2.75, 3.05) is 0 Å². The third kappa shape index (κ3) is 2.63. The molecular formula is C14H11BrN2S2. The first-order chi connectivity index (χ1) is 9.13. The Balaban J connectivity index is 2.02.